The van der Waals surface area contributed by atoms with Gasteiger partial charge in [0.1, 0.15) is 5.69 Å². The SMILES string of the molecule is C#CCCC[n+]1ccccc1C#Cc1nccc2ccccc12. The van der Waals surface area contributed by atoms with Crippen molar-refractivity contribution in [2.45, 2.75) is 19.4 Å². The predicted molar refractivity (Wildman–Crippen MR) is 92.4 cm³/mol. The summed E-state index contributed by atoms with van der Waals surface area (Å²) in [4.78, 5) is 4.42. The van der Waals surface area contributed by atoms with Crippen molar-refractivity contribution in [1.82, 2.24) is 4.98 Å². The van der Waals surface area contributed by atoms with Crippen molar-refractivity contribution in [2.24, 2.45) is 0 Å². The molecular weight excluding hydrogens is 280 g/mol. The first-order chi connectivity index (χ1) is 11.4. The molecule has 2 heteroatoms. The van der Waals surface area contributed by atoms with Gasteiger partial charge in [0.15, 0.2) is 12.7 Å². The van der Waals surface area contributed by atoms with Crippen molar-refractivity contribution in [2.75, 3.05) is 0 Å². The molecule has 1 aromatic carbocycles. The molecule has 23 heavy (non-hydrogen) atoms. The van der Waals surface area contributed by atoms with Gasteiger partial charge in [-0.15, -0.1) is 12.3 Å². The highest BCUT2D eigenvalue weighted by molar-refractivity contribution is 5.86. The summed E-state index contributed by atoms with van der Waals surface area (Å²) in [6, 6.07) is 16.2. The van der Waals surface area contributed by atoms with Gasteiger partial charge < -0.3 is 0 Å². The molecule has 110 valence electrons. The van der Waals surface area contributed by atoms with Crippen molar-refractivity contribution >= 4 is 10.8 Å². The molecule has 3 rings (SSSR count). The van der Waals surface area contributed by atoms with Crippen LogP contribution in [0.5, 0.6) is 0 Å². The molecular formula is C21H17N2+. The van der Waals surface area contributed by atoms with Crippen LogP contribution in [0.15, 0.2) is 60.9 Å². The molecule has 0 unspecified atom stereocenters. The Hall–Kier alpha value is -3.10. The maximum absolute atomic E-state index is 5.32. The fraction of sp³-hybridized carbons (Fsp3) is 0.143. The molecule has 0 saturated heterocycles. The third-order valence-corrected chi connectivity index (χ3v) is 3.64. The van der Waals surface area contributed by atoms with Crippen LogP contribution < -0.4 is 4.57 Å². The van der Waals surface area contributed by atoms with Crippen LogP contribution in [0.1, 0.15) is 24.2 Å². The number of nitrogens with zero attached hydrogens (tertiary/aromatic N) is 2. The number of terminal acetylenes is 1. The molecule has 0 N–H and O–H groups in total. The normalized spacial score (nSPS) is 9.87. The van der Waals surface area contributed by atoms with Crippen LogP contribution in [0.3, 0.4) is 0 Å². The fourth-order valence-corrected chi connectivity index (χ4v) is 2.48. The summed E-state index contributed by atoms with van der Waals surface area (Å²) in [7, 11) is 0. The minimum Gasteiger partial charge on any atom is -0.247 e. The molecule has 0 aliphatic heterocycles. The van der Waals surface area contributed by atoms with E-state index in [1.54, 1.807) is 6.20 Å². The van der Waals surface area contributed by atoms with E-state index in [0.717, 1.165) is 41.5 Å². The van der Waals surface area contributed by atoms with E-state index in [0.29, 0.717) is 0 Å². The summed E-state index contributed by atoms with van der Waals surface area (Å²) in [5.74, 6) is 9.14. The quantitative estimate of drug-likeness (QED) is 0.411. The van der Waals surface area contributed by atoms with Crippen LogP contribution in [-0.2, 0) is 6.54 Å². The molecule has 0 saturated carbocycles. The average molecular weight is 297 g/mol. The van der Waals surface area contributed by atoms with Gasteiger partial charge in [0.2, 0.25) is 0 Å². The van der Waals surface area contributed by atoms with Crippen molar-refractivity contribution in [3.63, 3.8) is 0 Å². The third-order valence-electron chi connectivity index (χ3n) is 3.64. The van der Waals surface area contributed by atoms with Gasteiger partial charge in [-0.1, -0.05) is 24.3 Å². The van der Waals surface area contributed by atoms with Gasteiger partial charge in [0, 0.05) is 42.5 Å². The Morgan fingerprint density at radius 2 is 1.87 bits per heavy atom. The van der Waals surface area contributed by atoms with Crippen molar-refractivity contribution in [3.8, 4) is 24.2 Å². The monoisotopic (exact) mass is 297 g/mol. The highest BCUT2D eigenvalue weighted by Gasteiger charge is 2.06. The number of pyridine rings is 2. The lowest BCUT2D eigenvalue weighted by molar-refractivity contribution is -0.699. The molecule has 0 aliphatic carbocycles. The van der Waals surface area contributed by atoms with E-state index in [9.17, 15) is 0 Å². The van der Waals surface area contributed by atoms with Gasteiger partial charge in [-0.2, -0.15) is 4.57 Å². The minimum absolute atomic E-state index is 0.777. The molecule has 0 spiro atoms. The second-order valence-electron chi connectivity index (χ2n) is 5.22. The zero-order valence-corrected chi connectivity index (χ0v) is 12.9. The lowest BCUT2D eigenvalue weighted by Gasteiger charge is -1.99. The molecule has 0 fully saturated rings. The molecule has 2 aromatic heterocycles. The Kier molecular flexibility index (Phi) is 4.67. The van der Waals surface area contributed by atoms with Crippen LogP contribution in [0, 0.1) is 24.2 Å². The average Bonchev–Trinajstić information content (AvgIpc) is 2.61. The summed E-state index contributed by atoms with van der Waals surface area (Å²) in [5.41, 5.74) is 1.78. The van der Waals surface area contributed by atoms with Crippen LogP contribution >= 0.6 is 0 Å². The molecule has 3 aromatic rings. The number of fused-ring (bicyclic) bond motifs is 1. The summed E-state index contributed by atoms with van der Waals surface area (Å²) >= 11 is 0. The molecule has 0 radical (unpaired) electrons. The van der Waals surface area contributed by atoms with E-state index in [1.165, 1.54) is 0 Å². The number of hydrogen-bond acceptors (Lipinski definition) is 1. The maximum atomic E-state index is 5.32. The molecule has 0 amide bonds. The molecule has 0 bridgehead atoms. The Bertz CT molecular complexity index is 918. The highest BCUT2D eigenvalue weighted by atomic mass is 14.9. The number of aryl methyl sites for hydroxylation is 1. The maximum Gasteiger partial charge on any atom is 0.257 e. The zero-order valence-electron chi connectivity index (χ0n) is 12.9. The fourth-order valence-electron chi connectivity index (χ4n) is 2.48. The Balaban J connectivity index is 1.94. The van der Waals surface area contributed by atoms with Gasteiger partial charge in [0.25, 0.3) is 5.69 Å². The Morgan fingerprint density at radius 3 is 2.78 bits per heavy atom. The van der Waals surface area contributed by atoms with Crippen molar-refractivity contribution < 1.29 is 4.57 Å². The first-order valence-electron chi connectivity index (χ1n) is 7.66. The molecule has 0 aliphatic rings. The van der Waals surface area contributed by atoms with Gasteiger partial charge in [-0.3, -0.25) is 0 Å². The highest BCUT2D eigenvalue weighted by Crippen LogP contribution is 2.15. The first-order valence-corrected chi connectivity index (χ1v) is 7.66. The summed E-state index contributed by atoms with van der Waals surface area (Å²) in [6.45, 7) is 0.873. The van der Waals surface area contributed by atoms with Gasteiger partial charge >= 0.3 is 0 Å². The van der Waals surface area contributed by atoms with E-state index in [-0.39, 0.29) is 0 Å². The summed E-state index contributed by atoms with van der Waals surface area (Å²) in [5, 5.41) is 2.24. The molecule has 0 atom stereocenters. The number of unbranched alkanes of at least 4 members (excludes halogenated alkanes) is 1. The second kappa shape index (κ2) is 7.25. The van der Waals surface area contributed by atoms with E-state index in [1.807, 2.05) is 42.6 Å². The predicted octanol–water partition coefficient (Wildman–Crippen LogP) is 3.34. The number of aromatic nitrogens is 2. The molecule has 2 heterocycles. The first kappa shape index (κ1) is 14.8. The van der Waals surface area contributed by atoms with Crippen molar-refractivity contribution in [1.29, 1.82) is 0 Å². The largest absolute Gasteiger partial charge is 0.257 e. The second-order valence-corrected chi connectivity index (χ2v) is 5.22. The van der Waals surface area contributed by atoms with Crippen molar-refractivity contribution in [3.05, 3.63) is 72.3 Å². The van der Waals surface area contributed by atoms with E-state index in [4.69, 9.17) is 6.42 Å². The van der Waals surface area contributed by atoms with Crippen LogP contribution in [0.4, 0.5) is 0 Å². The standard InChI is InChI=1S/C21H17N2/c1-2-3-7-16-23-17-8-6-10-19(23)12-13-21-20-11-5-4-9-18(20)14-15-22-21/h1,4-6,8-11,14-15,17H,3,7,16H2/q+1. The van der Waals surface area contributed by atoms with Gasteiger partial charge in [-0.25, -0.2) is 4.98 Å². The smallest absolute Gasteiger partial charge is 0.247 e. The number of rotatable bonds is 3. The van der Waals surface area contributed by atoms with Crippen LogP contribution in [0.25, 0.3) is 10.8 Å². The lowest BCUT2D eigenvalue weighted by atomic mass is 10.1. The number of benzene rings is 1. The van der Waals surface area contributed by atoms with E-state index < -0.39 is 0 Å². The Morgan fingerprint density at radius 1 is 1.00 bits per heavy atom. The van der Waals surface area contributed by atoms with E-state index >= 15 is 0 Å². The third kappa shape index (κ3) is 3.57. The van der Waals surface area contributed by atoms with Gasteiger partial charge in [0.05, 0.1) is 0 Å². The van der Waals surface area contributed by atoms with E-state index in [2.05, 4.69) is 39.4 Å². The molecule has 2 nitrogen and oxygen atoms in total. The summed E-state index contributed by atoms with van der Waals surface area (Å²) in [6.07, 6.45) is 10.9. The lowest BCUT2D eigenvalue weighted by Crippen LogP contribution is -2.36. The minimum atomic E-state index is 0.777. The summed E-state index contributed by atoms with van der Waals surface area (Å²) < 4.78 is 2.13. The van der Waals surface area contributed by atoms with Crippen LogP contribution in [-0.4, -0.2) is 4.98 Å². The number of hydrogen-bond donors (Lipinski definition) is 0. The van der Waals surface area contributed by atoms with Gasteiger partial charge in [-0.05, 0) is 23.4 Å². The van der Waals surface area contributed by atoms with Crippen LogP contribution in [0.2, 0.25) is 0 Å². The Labute approximate surface area is 136 Å². The topological polar surface area (TPSA) is 16.8 Å². The zero-order chi connectivity index (χ0) is 15.9.